The van der Waals surface area contributed by atoms with Gasteiger partial charge in [0.25, 0.3) is 0 Å². The molecule has 0 aromatic rings. The molecule has 0 aromatic heterocycles. The van der Waals surface area contributed by atoms with Crippen LogP contribution in [0.5, 0.6) is 0 Å². The first-order chi connectivity index (χ1) is 6.69. The number of aliphatic hydroxyl groups is 5. The van der Waals surface area contributed by atoms with Gasteiger partial charge in [0.05, 0.1) is 12.7 Å². The summed E-state index contributed by atoms with van der Waals surface area (Å²) in [6, 6.07) is 0. The lowest BCUT2D eigenvalue weighted by Crippen LogP contribution is -2.46. The van der Waals surface area contributed by atoms with Gasteiger partial charge in [0.15, 0.2) is 0 Å². The molecule has 0 saturated carbocycles. The van der Waals surface area contributed by atoms with Gasteiger partial charge in [0.1, 0.15) is 18.3 Å². The summed E-state index contributed by atoms with van der Waals surface area (Å²) < 4.78 is 0. The zero-order valence-electron chi connectivity index (χ0n) is 9.46. The number of hydrogen-bond acceptors (Lipinski definition) is 5. The summed E-state index contributed by atoms with van der Waals surface area (Å²) >= 11 is 0. The Hall–Kier alpha value is -0.200. The Morgan fingerprint density at radius 2 is 1.27 bits per heavy atom. The molecule has 0 unspecified atom stereocenters. The van der Waals surface area contributed by atoms with Crippen molar-refractivity contribution in [3.63, 3.8) is 0 Å². The molecule has 0 aliphatic rings. The molecular formula is C10H22O5. The second kappa shape index (κ2) is 5.77. The number of rotatable bonds is 5. The molecule has 0 aliphatic heterocycles. The lowest BCUT2D eigenvalue weighted by Gasteiger charge is -2.29. The van der Waals surface area contributed by atoms with Crippen molar-refractivity contribution in [3.8, 4) is 0 Å². The van der Waals surface area contributed by atoms with Gasteiger partial charge in [-0.1, -0.05) is 20.8 Å². The predicted octanol–water partition coefficient (Wildman–Crippen LogP) is -1.14. The normalized spacial score (nSPS) is 20.8. The molecule has 0 aliphatic carbocycles. The van der Waals surface area contributed by atoms with Crippen LogP contribution in [0.1, 0.15) is 27.2 Å². The van der Waals surface area contributed by atoms with Crippen LogP contribution in [-0.2, 0) is 0 Å². The molecule has 0 radical (unpaired) electrons. The van der Waals surface area contributed by atoms with E-state index in [4.69, 9.17) is 10.2 Å². The van der Waals surface area contributed by atoms with Crippen LogP contribution >= 0.6 is 0 Å². The van der Waals surface area contributed by atoms with Gasteiger partial charge >= 0.3 is 0 Å². The van der Waals surface area contributed by atoms with Crippen LogP contribution in [0.25, 0.3) is 0 Å². The van der Waals surface area contributed by atoms with E-state index in [1.165, 1.54) is 0 Å². The lowest BCUT2D eigenvalue weighted by molar-refractivity contribution is -0.121. The van der Waals surface area contributed by atoms with Crippen molar-refractivity contribution in [1.29, 1.82) is 0 Å². The Labute approximate surface area is 90.0 Å². The third-order valence-electron chi connectivity index (χ3n) is 2.15. The molecule has 0 heterocycles. The Morgan fingerprint density at radius 3 is 1.60 bits per heavy atom. The zero-order valence-corrected chi connectivity index (χ0v) is 9.46. The minimum atomic E-state index is -1.53. The molecule has 0 bridgehead atoms. The van der Waals surface area contributed by atoms with Crippen LogP contribution in [-0.4, -0.2) is 56.6 Å². The van der Waals surface area contributed by atoms with Gasteiger partial charge in [-0.2, -0.15) is 0 Å². The molecule has 92 valence electrons. The highest BCUT2D eigenvalue weighted by atomic mass is 16.4. The molecule has 0 rings (SSSR count). The maximum Gasteiger partial charge on any atom is 0.110 e. The van der Waals surface area contributed by atoms with Crippen LogP contribution in [0, 0.1) is 5.41 Å². The van der Waals surface area contributed by atoms with Gasteiger partial charge < -0.3 is 25.5 Å². The average molecular weight is 222 g/mol. The Bertz CT molecular complexity index is 177. The second-order valence-electron chi connectivity index (χ2n) is 5.06. The molecule has 0 spiro atoms. The Balaban J connectivity index is 4.25. The van der Waals surface area contributed by atoms with Crippen LogP contribution in [0.2, 0.25) is 0 Å². The van der Waals surface area contributed by atoms with Crippen LogP contribution in [0.15, 0.2) is 0 Å². The van der Waals surface area contributed by atoms with Crippen molar-refractivity contribution in [2.24, 2.45) is 5.41 Å². The number of hydrogen-bond donors (Lipinski definition) is 5. The molecular weight excluding hydrogens is 200 g/mol. The SMILES string of the molecule is CC(C)(C)C[C@H](O)[C@H](O)[C@@H](O)[C@H](O)CO. The summed E-state index contributed by atoms with van der Waals surface area (Å²) in [6.45, 7) is 5.01. The van der Waals surface area contributed by atoms with Gasteiger partial charge in [-0.3, -0.25) is 0 Å². The summed E-state index contributed by atoms with van der Waals surface area (Å²) in [5.41, 5.74) is -0.190. The Kier molecular flexibility index (Phi) is 5.69. The van der Waals surface area contributed by atoms with E-state index in [0.29, 0.717) is 6.42 Å². The summed E-state index contributed by atoms with van der Waals surface area (Å²) in [6.07, 6.45) is -5.25. The first-order valence-electron chi connectivity index (χ1n) is 5.02. The van der Waals surface area contributed by atoms with Crippen LogP contribution < -0.4 is 0 Å². The fourth-order valence-electron chi connectivity index (χ4n) is 1.31. The molecule has 0 amide bonds. The maximum atomic E-state index is 9.57. The molecule has 0 saturated heterocycles. The minimum Gasteiger partial charge on any atom is -0.394 e. The fourth-order valence-corrected chi connectivity index (χ4v) is 1.31. The van der Waals surface area contributed by atoms with Crippen molar-refractivity contribution in [2.45, 2.75) is 51.6 Å². The van der Waals surface area contributed by atoms with Crippen LogP contribution in [0.3, 0.4) is 0 Å². The number of aliphatic hydroxyl groups excluding tert-OH is 5. The third kappa shape index (κ3) is 5.44. The lowest BCUT2D eigenvalue weighted by atomic mass is 9.86. The average Bonchev–Trinajstić information content (AvgIpc) is 2.11. The molecule has 4 atom stereocenters. The quantitative estimate of drug-likeness (QED) is 0.405. The van der Waals surface area contributed by atoms with Gasteiger partial charge in [0, 0.05) is 0 Å². The van der Waals surface area contributed by atoms with Crippen molar-refractivity contribution in [2.75, 3.05) is 6.61 Å². The van der Waals surface area contributed by atoms with E-state index in [-0.39, 0.29) is 5.41 Å². The monoisotopic (exact) mass is 222 g/mol. The minimum absolute atomic E-state index is 0.190. The van der Waals surface area contributed by atoms with E-state index >= 15 is 0 Å². The van der Waals surface area contributed by atoms with Crippen molar-refractivity contribution >= 4 is 0 Å². The highest BCUT2D eigenvalue weighted by molar-refractivity contribution is 4.83. The van der Waals surface area contributed by atoms with Crippen molar-refractivity contribution in [3.05, 3.63) is 0 Å². The van der Waals surface area contributed by atoms with Crippen molar-refractivity contribution < 1.29 is 25.5 Å². The maximum absolute atomic E-state index is 9.57. The summed E-state index contributed by atoms with van der Waals surface area (Å²) in [7, 11) is 0. The molecule has 5 heteroatoms. The second-order valence-corrected chi connectivity index (χ2v) is 5.06. The zero-order chi connectivity index (χ0) is 12.2. The van der Waals surface area contributed by atoms with E-state index in [1.807, 2.05) is 20.8 Å². The first kappa shape index (κ1) is 14.8. The highest BCUT2D eigenvalue weighted by Gasteiger charge is 2.32. The molecule has 0 fully saturated rings. The summed E-state index contributed by atoms with van der Waals surface area (Å²) in [5.74, 6) is 0. The standard InChI is InChI=1S/C10H22O5/c1-10(2,3)4-6(12)8(14)9(15)7(13)5-11/h6-9,11-15H,4-5H2,1-3H3/t6-,7+,8-,9-/m0/s1. The van der Waals surface area contributed by atoms with Gasteiger partial charge in [0.2, 0.25) is 0 Å². The fraction of sp³-hybridized carbons (Fsp3) is 1.00. The molecule has 5 N–H and O–H groups in total. The highest BCUT2D eigenvalue weighted by Crippen LogP contribution is 2.23. The molecule has 5 nitrogen and oxygen atoms in total. The predicted molar refractivity (Wildman–Crippen MR) is 55.2 cm³/mol. The summed E-state index contributed by atoms with van der Waals surface area (Å²) in [5, 5.41) is 46.0. The van der Waals surface area contributed by atoms with E-state index in [9.17, 15) is 15.3 Å². The Morgan fingerprint density at radius 1 is 0.867 bits per heavy atom. The van der Waals surface area contributed by atoms with E-state index < -0.39 is 31.0 Å². The van der Waals surface area contributed by atoms with Gasteiger partial charge in [-0.25, -0.2) is 0 Å². The van der Waals surface area contributed by atoms with Gasteiger partial charge in [-0.15, -0.1) is 0 Å². The largest absolute Gasteiger partial charge is 0.394 e. The van der Waals surface area contributed by atoms with E-state index in [2.05, 4.69) is 0 Å². The third-order valence-corrected chi connectivity index (χ3v) is 2.15. The van der Waals surface area contributed by atoms with Crippen molar-refractivity contribution in [1.82, 2.24) is 0 Å². The van der Waals surface area contributed by atoms with Gasteiger partial charge in [-0.05, 0) is 11.8 Å². The van der Waals surface area contributed by atoms with E-state index in [1.54, 1.807) is 0 Å². The molecule has 0 aromatic carbocycles. The smallest absolute Gasteiger partial charge is 0.110 e. The molecule has 15 heavy (non-hydrogen) atoms. The summed E-state index contributed by atoms with van der Waals surface area (Å²) in [4.78, 5) is 0. The van der Waals surface area contributed by atoms with Crippen LogP contribution in [0.4, 0.5) is 0 Å². The first-order valence-corrected chi connectivity index (χ1v) is 5.02. The van der Waals surface area contributed by atoms with E-state index in [0.717, 1.165) is 0 Å². The topological polar surface area (TPSA) is 101 Å².